The van der Waals surface area contributed by atoms with Gasteiger partial charge in [-0.1, -0.05) is 6.92 Å². The van der Waals surface area contributed by atoms with Crippen molar-refractivity contribution in [1.82, 2.24) is 15.1 Å². The minimum atomic E-state index is -0.404. The van der Waals surface area contributed by atoms with Gasteiger partial charge in [0.05, 0.1) is 0 Å². The Hall–Kier alpha value is -0.810. The Morgan fingerprint density at radius 1 is 1.17 bits per heavy atom. The average molecular weight is 325 g/mol. The molecule has 2 saturated heterocycles. The largest absolute Gasteiger partial charge is 0.444 e. The minimum Gasteiger partial charge on any atom is -0.444 e. The summed E-state index contributed by atoms with van der Waals surface area (Å²) in [4.78, 5) is 16.4. The second kappa shape index (κ2) is 8.34. The van der Waals surface area contributed by atoms with Crippen LogP contribution in [-0.4, -0.2) is 67.3 Å². The normalized spacial score (nSPS) is 22.9. The predicted molar refractivity (Wildman–Crippen MR) is 93.6 cm³/mol. The first-order chi connectivity index (χ1) is 10.8. The van der Waals surface area contributed by atoms with Gasteiger partial charge in [0.25, 0.3) is 0 Å². The summed E-state index contributed by atoms with van der Waals surface area (Å²) in [5, 5.41) is 3.45. The summed E-state index contributed by atoms with van der Waals surface area (Å²) < 4.78 is 5.45. The first-order valence-electron chi connectivity index (χ1n) is 9.26. The van der Waals surface area contributed by atoms with Gasteiger partial charge >= 0.3 is 6.09 Å². The molecular formula is C18H35N3O2. The van der Waals surface area contributed by atoms with Crippen LogP contribution in [0.2, 0.25) is 0 Å². The highest BCUT2D eigenvalue weighted by atomic mass is 16.6. The number of nitrogens with zero attached hydrogens (tertiary/aromatic N) is 2. The van der Waals surface area contributed by atoms with E-state index in [2.05, 4.69) is 17.1 Å². The molecule has 0 radical (unpaired) electrons. The smallest absolute Gasteiger partial charge is 0.410 e. The fourth-order valence-corrected chi connectivity index (χ4v) is 3.52. The van der Waals surface area contributed by atoms with Gasteiger partial charge in [-0.2, -0.15) is 0 Å². The van der Waals surface area contributed by atoms with Crippen molar-refractivity contribution < 1.29 is 9.53 Å². The summed E-state index contributed by atoms with van der Waals surface area (Å²) in [6.45, 7) is 15.2. The Morgan fingerprint density at radius 2 is 1.78 bits per heavy atom. The van der Waals surface area contributed by atoms with E-state index in [1.807, 2.05) is 25.7 Å². The van der Waals surface area contributed by atoms with Crippen molar-refractivity contribution in [3.63, 3.8) is 0 Å². The number of hydrogen-bond donors (Lipinski definition) is 1. The van der Waals surface area contributed by atoms with Crippen LogP contribution in [0.25, 0.3) is 0 Å². The Morgan fingerprint density at radius 3 is 2.35 bits per heavy atom. The number of piperidine rings is 1. The number of rotatable bonds is 4. The molecule has 5 nitrogen and oxygen atoms in total. The maximum absolute atomic E-state index is 12.1. The van der Waals surface area contributed by atoms with Crippen LogP contribution in [-0.2, 0) is 4.74 Å². The summed E-state index contributed by atoms with van der Waals surface area (Å²) in [5.74, 6) is 1.69. The lowest BCUT2D eigenvalue weighted by Crippen LogP contribution is -2.50. The Kier molecular flexibility index (Phi) is 6.72. The number of piperazine rings is 1. The number of ether oxygens (including phenoxy) is 1. The number of hydrogen-bond acceptors (Lipinski definition) is 4. The molecule has 1 unspecified atom stereocenters. The SMILES string of the molecule is CC(CCN1CCN(C(=O)OC(C)(C)C)CC1)C1CCNCC1. The zero-order valence-electron chi connectivity index (χ0n) is 15.4. The molecule has 2 heterocycles. The van der Waals surface area contributed by atoms with E-state index in [-0.39, 0.29) is 6.09 Å². The highest BCUT2D eigenvalue weighted by molar-refractivity contribution is 5.68. The van der Waals surface area contributed by atoms with Crippen LogP contribution in [0.4, 0.5) is 4.79 Å². The van der Waals surface area contributed by atoms with Crippen LogP contribution in [0.3, 0.4) is 0 Å². The van der Waals surface area contributed by atoms with E-state index < -0.39 is 5.60 Å². The zero-order valence-corrected chi connectivity index (χ0v) is 15.4. The van der Waals surface area contributed by atoms with Gasteiger partial charge in [0, 0.05) is 26.2 Å². The molecule has 2 aliphatic rings. The van der Waals surface area contributed by atoms with Crippen molar-refractivity contribution in [2.75, 3.05) is 45.8 Å². The van der Waals surface area contributed by atoms with Crippen LogP contribution < -0.4 is 5.32 Å². The van der Waals surface area contributed by atoms with Gasteiger partial charge in [0.2, 0.25) is 0 Å². The van der Waals surface area contributed by atoms with Gasteiger partial charge in [-0.15, -0.1) is 0 Å². The molecule has 2 fully saturated rings. The maximum atomic E-state index is 12.1. The average Bonchev–Trinajstić information content (AvgIpc) is 2.52. The van der Waals surface area contributed by atoms with Crippen molar-refractivity contribution in [3.8, 4) is 0 Å². The van der Waals surface area contributed by atoms with Gasteiger partial charge in [0.1, 0.15) is 5.60 Å². The zero-order chi connectivity index (χ0) is 16.9. The van der Waals surface area contributed by atoms with Crippen LogP contribution in [0.5, 0.6) is 0 Å². The molecule has 0 aromatic rings. The van der Waals surface area contributed by atoms with Crippen LogP contribution >= 0.6 is 0 Å². The third-order valence-corrected chi connectivity index (χ3v) is 5.11. The summed E-state index contributed by atoms with van der Waals surface area (Å²) in [6, 6.07) is 0. The number of nitrogens with one attached hydrogen (secondary N) is 1. The topological polar surface area (TPSA) is 44.8 Å². The highest BCUT2D eigenvalue weighted by Crippen LogP contribution is 2.24. The molecule has 2 aliphatic heterocycles. The summed E-state index contributed by atoms with van der Waals surface area (Å²) in [6.07, 6.45) is 3.76. The van der Waals surface area contributed by atoms with Crippen LogP contribution in [0.1, 0.15) is 47.0 Å². The molecule has 23 heavy (non-hydrogen) atoms. The first kappa shape index (κ1) is 18.5. The van der Waals surface area contributed by atoms with Crippen LogP contribution in [0.15, 0.2) is 0 Å². The molecule has 0 aliphatic carbocycles. The second-order valence-electron chi connectivity index (χ2n) is 8.16. The van der Waals surface area contributed by atoms with E-state index in [0.717, 1.165) is 44.6 Å². The first-order valence-corrected chi connectivity index (χ1v) is 9.26. The minimum absolute atomic E-state index is 0.166. The molecule has 134 valence electrons. The van der Waals surface area contributed by atoms with E-state index >= 15 is 0 Å². The highest BCUT2D eigenvalue weighted by Gasteiger charge is 2.26. The Balaban J connectivity index is 1.65. The Labute approximate surface area is 141 Å². The summed E-state index contributed by atoms with van der Waals surface area (Å²) in [5.41, 5.74) is -0.404. The molecule has 0 aromatic heterocycles. The second-order valence-corrected chi connectivity index (χ2v) is 8.16. The van der Waals surface area contributed by atoms with Gasteiger partial charge in [-0.3, -0.25) is 4.90 Å². The third kappa shape index (κ3) is 6.30. The lowest BCUT2D eigenvalue weighted by Gasteiger charge is -2.36. The van der Waals surface area contributed by atoms with Crippen molar-refractivity contribution in [2.24, 2.45) is 11.8 Å². The summed E-state index contributed by atoms with van der Waals surface area (Å²) in [7, 11) is 0. The molecule has 1 N–H and O–H groups in total. The van der Waals surface area contributed by atoms with Gasteiger partial charge < -0.3 is 15.0 Å². The van der Waals surface area contributed by atoms with Crippen molar-refractivity contribution in [2.45, 2.75) is 52.6 Å². The van der Waals surface area contributed by atoms with E-state index in [9.17, 15) is 4.79 Å². The van der Waals surface area contributed by atoms with E-state index in [0.29, 0.717) is 0 Å². The molecule has 0 saturated carbocycles. The number of carbonyl (C=O) groups is 1. The van der Waals surface area contributed by atoms with Crippen LogP contribution in [0, 0.1) is 11.8 Å². The molecular weight excluding hydrogens is 290 g/mol. The molecule has 1 atom stereocenters. The van der Waals surface area contributed by atoms with E-state index in [4.69, 9.17) is 4.74 Å². The van der Waals surface area contributed by atoms with Gasteiger partial charge in [-0.25, -0.2) is 4.79 Å². The molecule has 0 bridgehead atoms. The number of amides is 1. The van der Waals surface area contributed by atoms with Gasteiger partial charge in [0.15, 0.2) is 0 Å². The Bertz CT molecular complexity index is 367. The molecule has 5 heteroatoms. The van der Waals surface area contributed by atoms with Gasteiger partial charge in [-0.05, 0) is 71.5 Å². The standard InChI is InChI=1S/C18H35N3O2/c1-15(16-5-8-19-9-6-16)7-10-20-11-13-21(14-12-20)17(22)23-18(2,3)4/h15-16,19H,5-14H2,1-4H3. The molecule has 0 aromatic carbocycles. The van der Waals surface area contributed by atoms with E-state index in [1.54, 1.807) is 0 Å². The fraction of sp³-hybridized carbons (Fsp3) is 0.944. The lowest BCUT2D eigenvalue weighted by molar-refractivity contribution is 0.0139. The number of carbonyl (C=O) groups excluding carboxylic acids is 1. The molecule has 1 amide bonds. The van der Waals surface area contributed by atoms with Crippen molar-refractivity contribution in [1.29, 1.82) is 0 Å². The fourth-order valence-electron chi connectivity index (χ4n) is 3.52. The predicted octanol–water partition coefficient (Wildman–Crippen LogP) is 2.56. The van der Waals surface area contributed by atoms with Crippen molar-refractivity contribution in [3.05, 3.63) is 0 Å². The monoisotopic (exact) mass is 325 g/mol. The maximum Gasteiger partial charge on any atom is 0.410 e. The third-order valence-electron chi connectivity index (χ3n) is 5.11. The molecule has 0 spiro atoms. The molecule has 2 rings (SSSR count). The van der Waals surface area contributed by atoms with E-state index in [1.165, 1.54) is 32.4 Å². The lowest BCUT2D eigenvalue weighted by atomic mass is 9.84. The quantitative estimate of drug-likeness (QED) is 0.863. The summed E-state index contributed by atoms with van der Waals surface area (Å²) >= 11 is 0. The van der Waals surface area contributed by atoms with Crippen molar-refractivity contribution >= 4 is 6.09 Å².